The number of nitrogens with two attached hydrogens (primary N) is 1. The number of hydrogen-bond donors (Lipinski definition) is 2. The van der Waals surface area contributed by atoms with Crippen molar-refractivity contribution >= 4 is 29.9 Å². The number of amides is 1. The Balaban J connectivity index is 0.00000242. The van der Waals surface area contributed by atoms with E-state index in [-0.39, 0.29) is 18.3 Å². The molecule has 0 spiro atoms. The minimum Gasteiger partial charge on any atom is -0.349 e. The van der Waals surface area contributed by atoms with E-state index in [0.717, 1.165) is 18.4 Å². The summed E-state index contributed by atoms with van der Waals surface area (Å²) in [7, 11) is 0. The van der Waals surface area contributed by atoms with Crippen molar-refractivity contribution in [3.8, 4) is 0 Å². The average molecular weight is 353 g/mol. The quantitative estimate of drug-likeness (QED) is 0.854. The first-order valence-electron chi connectivity index (χ1n) is 7.02. The summed E-state index contributed by atoms with van der Waals surface area (Å²) in [5, 5.41) is 2.90. The molecule has 0 atom stereocenters. The predicted molar refractivity (Wildman–Crippen MR) is 85.9 cm³/mol. The highest BCUT2D eigenvalue weighted by molar-refractivity contribution is 6.30. The molecule has 1 amide bonds. The summed E-state index contributed by atoms with van der Waals surface area (Å²) < 4.78 is 26.5. The molecule has 1 aromatic rings. The number of benzene rings is 1. The zero-order valence-corrected chi connectivity index (χ0v) is 13.7. The molecule has 124 valence electrons. The minimum absolute atomic E-state index is 0. The molecule has 0 heterocycles. The molecular formula is C15H20Cl2F2N2O. The molecule has 1 fully saturated rings. The molecule has 22 heavy (non-hydrogen) atoms. The zero-order chi connectivity index (χ0) is 15.5. The fraction of sp³-hybridized carbons (Fsp3) is 0.533. The maximum Gasteiger partial charge on any atom is 0.277 e. The first-order chi connectivity index (χ1) is 9.89. The molecule has 3 N–H and O–H groups in total. The number of halogens is 4. The van der Waals surface area contributed by atoms with E-state index in [1.165, 1.54) is 0 Å². The molecule has 0 aromatic heterocycles. The number of carbonyl (C=O) groups is 1. The van der Waals surface area contributed by atoms with E-state index in [4.69, 9.17) is 17.3 Å². The van der Waals surface area contributed by atoms with Gasteiger partial charge in [-0.05, 0) is 30.5 Å². The molecule has 1 aromatic carbocycles. The lowest BCUT2D eigenvalue weighted by molar-refractivity contribution is -0.128. The van der Waals surface area contributed by atoms with Crippen LogP contribution >= 0.6 is 24.0 Å². The van der Waals surface area contributed by atoms with Gasteiger partial charge in [0.2, 0.25) is 5.91 Å². The van der Waals surface area contributed by atoms with Crippen molar-refractivity contribution in [3.05, 3.63) is 34.9 Å². The van der Waals surface area contributed by atoms with Crippen LogP contribution in [-0.4, -0.2) is 24.9 Å². The summed E-state index contributed by atoms with van der Waals surface area (Å²) in [5.74, 6) is -3.44. The van der Waals surface area contributed by atoms with Crippen LogP contribution < -0.4 is 11.1 Å². The van der Waals surface area contributed by atoms with Gasteiger partial charge in [0.1, 0.15) is 0 Å². The minimum atomic E-state index is -3.08. The molecule has 0 saturated heterocycles. The molecule has 3 nitrogen and oxygen atoms in total. The van der Waals surface area contributed by atoms with Crippen molar-refractivity contribution < 1.29 is 13.6 Å². The van der Waals surface area contributed by atoms with E-state index in [2.05, 4.69) is 5.32 Å². The predicted octanol–water partition coefficient (Wildman–Crippen LogP) is 3.28. The molecule has 7 heteroatoms. The molecule has 0 unspecified atom stereocenters. The Hall–Kier alpha value is -0.910. The van der Waals surface area contributed by atoms with Gasteiger partial charge >= 0.3 is 0 Å². The van der Waals surface area contributed by atoms with Crippen LogP contribution in [0.25, 0.3) is 0 Å². The van der Waals surface area contributed by atoms with Crippen LogP contribution in [0.5, 0.6) is 0 Å². The summed E-state index contributed by atoms with van der Waals surface area (Å²) in [5.41, 5.74) is 5.03. The van der Waals surface area contributed by atoms with Crippen LogP contribution in [0.4, 0.5) is 8.78 Å². The van der Waals surface area contributed by atoms with Crippen molar-refractivity contribution in [3.63, 3.8) is 0 Å². The molecule has 0 radical (unpaired) electrons. The molecule has 1 saturated carbocycles. The van der Waals surface area contributed by atoms with E-state index >= 15 is 0 Å². The van der Waals surface area contributed by atoms with E-state index in [1.807, 2.05) is 6.07 Å². The second-order valence-electron chi connectivity index (χ2n) is 5.54. The number of alkyl halides is 2. The average Bonchev–Trinajstić information content (AvgIpc) is 2.96. The lowest BCUT2D eigenvalue weighted by atomic mass is 9.78. The van der Waals surface area contributed by atoms with Gasteiger partial charge in [0, 0.05) is 5.02 Å². The summed E-state index contributed by atoms with van der Waals surface area (Å²) in [6, 6.07) is 7.08. The lowest BCUT2D eigenvalue weighted by Gasteiger charge is -2.29. The third-order valence-electron chi connectivity index (χ3n) is 4.08. The Morgan fingerprint density at radius 1 is 1.36 bits per heavy atom. The lowest BCUT2D eigenvalue weighted by Crippen LogP contribution is -2.48. The van der Waals surface area contributed by atoms with Gasteiger partial charge in [-0.1, -0.05) is 36.6 Å². The third kappa shape index (κ3) is 4.09. The van der Waals surface area contributed by atoms with Crippen molar-refractivity contribution in [2.24, 2.45) is 5.73 Å². The first-order valence-corrected chi connectivity index (χ1v) is 7.40. The molecule has 1 aliphatic rings. The van der Waals surface area contributed by atoms with Crippen molar-refractivity contribution in [2.45, 2.75) is 37.0 Å². The number of hydrogen-bond acceptors (Lipinski definition) is 2. The van der Waals surface area contributed by atoms with Gasteiger partial charge in [-0.15, -0.1) is 12.4 Å². The maximum absolute atomic E-state index is 13.2. The largest absolute Gasteiger partial charge is 0.349 e. The fourth-order valence-electron chi connectivity index (χ4n) is 2.86. The Bertz CT molecular complexity index is 520. The molecule has 1 aliphatic carbocycles. The zero-order valence-electron chi connectivity index (χ0n) is 12.1. The topological polar surface area (TPSA) is 55.1 Å². The molecule has 0 aliphatic heterocycles. The molecule has 2 rings (SSSR count). The van der Waals surface area contributed by atoms with Crippen LogP contribution in [0.2, 0.25) is 5.02 Å². The van der Waals surface area contributed by atoms with E-state index in [9.17, 15) is 13.6 Å². The van der Waals surface area contributed by atoms with Crippen LogP contribution in [0.1, 0.15) is 31.2 Å². The Kier molecular flexibility index (Phi) is 6.59. The van der Waals surface area contributed by atoms with Gasteiger partial charge in [-0.3, -0.25) is 4.79 Å². The van der Waals surface area contributed by atoms with Crippen molar-refractivity contribution in [1.29, 1.82) is 0 Å². The van der Waals surface area contributed by atoms with Gasteiger partial charge in [0.25, 0.3) is 5.92 Å². The van der Waals surface area contributed by atoms with Crippen LogP contribution in [0.15, 0.2) is 24.3 Å². The van der Waals surface area contributed by atoms with Gasteiger partial charge < -0.3 is 11.1 Å². The summed E-state index contributed by atoms with van der Waals surface area (Å²) in [6.07, 6.45) is 3.08. The van der Waals surface area contributed by atoms with E-state index in [0.29, 0.717) is 17.9 Å². The van der Waals surface area contributed by atoms with Crippen molar-refractivity contribution in [1.82, 2.24) is 5.32 Å². The third-order valence-corrected chi connectivity index (χ3v) is 4.31. The number of carbonyl (C=O) groups excluding carboxylic acids is 1. The molecular weight excluding hydrogens is 333 g/mol. The SMILES string of the molecule is Cl.NCC(F)(F)CNC(=O)C1(c2cccc(Cl)c2)CCCC1. The highest BCUT2D eigenvalue weighted by atomic mass is 35.5. The second kappa shape index (κ2) is 7.57. The summed E-state index contributed by atoms with van der Waals surface area (Å²) >= 11 is 5.99. The fourth-order valence-corrected chi connectivity index (χ4v) is 3.05. The smallest absolute Gasteiger partial charge is 0.277 e. The summed E-state index contributed by atoms with van der Waals surface area (Å²) in [4.78, 5) is 12.5. The second-order valence-corrected chi connectivity index (χ2v) is 5.98. The maximum atomic E-state index is 13.2. The standard InChI is InChI=1S/C15H19ClF2N2O.ClH/c16-12-5-3-4-11(8-12)14(6-1-2-7-14)13(21)20-10-15(17,18)9-19;/h3-5,8H,1-2,6-7,9-10,19H2,(H,20,21);1H. The Labute approximate surface area is 140 Å². The summed E-state index contributed by atoms with van der Waals surface area (Å²) in [6.45, 7) is -1.51. The van der Waals surface area contributed by atoms with E-state index in [1.54, 1.807) is 18.2 Å². The van der Waals surface area contributed by atoms with E-state index < -0.39 is 24.4 Å². The first kappa shape index (κ1) is 19.1. The van der Waals surface area contributed by atoms with Gasteiger partial charge in [-0.25, -0.2) is 8.78 Å². The number of nitrogens with one attached hydrogen (secondary N) is 1. The highest BCUT2D eigenvalue weighted by Gasteiger charge is 2.43. The van der Waals surface area contributed by atoms with Crippen LogP contribution in [0, 0.1) is 0 Å². The molecule has 0 bridgehead atoms. The van der Waals surface area contributed by atoms with Crippen LogP contribution in [-0.2, 0) is 10.2 Å². The van der Waals surface area contributed by atoms with Gasteiger partial charge in [-0.2, -0.15) is 0 Å². The van der Waals surface area contributed by atoms with Gasteiger partial charge in [0.15, 0.2) is 0 Å². The normalized spacial score (nSPS) is 16.9. The monoisotopic (exact) mass is 352 g/mol. The number of rotatable bonds is 5. The Morgan fingerprint density at radius 3 is 2.55 bits per heavy atom. The van der Waals surface area contributed by atoms with Crippen LogP contribution in [0.3, 0.4) is 0 Å². The van der Waals surface area contributed by atoms with Crippen molar-refractivity contribution in [2.75, 3.05) is 13.1 Å². The Morgan fingerprint density at radius 2 is 2.00 bits per heavy atom. The highest BCUT2D eigenvalue weighted by Crippen LogP contribution is 2.42. The van der Waals surface area contributed by atoms with Gasteiger partial charge in [0.05, 0.1) is 18.5 Å².